The molecule has 0 bridgehead atoms. The number of methoxy groups -OCH3 is 1. The molecule has 1 saturated heterocycles. The lowest BCUT2D eigenvalue weighted by Gasteiger charge is -2.36. The Morgan fingerprint density at radius 3 is 2.48 bits per heavy atom. The Kier molecular flexibility index (Phi) is 7.25. The van der Waals surface area contributed by atoms with Crippen molar-refractivity contribution in [1.82, 2.24) is 15.1 Å². The molecule has 2 amide bonds. The van der Waals surface area contributed by atoms with Crippen LogP contribution in [0.1, 0.15) is 35.4 Å². The van der Waals surface area contributed by atoms with Crippen molar-refractivity contribution < 1.29 is 14.3 Å². The van der Waals surface area contributed by atoms with Crippen LogP contribution in [0, 0.1) is 5.92 Å². The van der Waals surface area contributed by atoms with E-state index in [9.17, 15) is 9.59 Å². The quantitative estimate of drug-likeness (QED) is 0.715. The number of nitrogens with zero attached hydrogens (tertiary/aromatic N) is 2. The second-order valence-corrected chi connectivity index (χ2v) is 9.33. The van der Waals surface area contributed by atoms with Crippen molar-refractivity contribution in [3.8, 4) is 16.2 Å². The van der Waals surface area contributed by atoms with Crippen LogP contribution in [0.5, 0.6) is 5.75 Å². The highest BCUT2D eigenvalue weighted by molar-refractivity contribution is 7.17. The van der Waals surface area contributed by atoms with Crippen LogP contribution in [0.2, 0.25) is 0 Å². The molecule has 1 aliphatic carbocycles. The number of benzene rings is 1. The van der Waals surface area contributed by atoms with Gasteiger partial charge in [0.15, 0.2) is 0 Å². The average molecular weight is 442 g/mol. The van der Waals surface area contributed by atoms with Gasteiger partial charge in [0.05, 0.1) is 7.11 Å². The summed E-state index contributed by atoms with van der Waals surface area (Å²) in [7, 11) is 1.60. The summed E-state index contributed by atoms with van der Waals surface area (Å²) in [5.74, 6) is 1.12. The first-order valence-electron chi connectivity index (χ1n) is 11.2. The minimum atomic E-state index is -0.0981. The van der Waals surface area contributed by atoms with Crippen molar-refractivity contribution in [3.05, 3.63) is 41.3 Å². The molecule has 2 aromatic rings. The van der Waals surface area contributed by atoms with Crippen molar-refractivity contribution in [3.63, 3.8) is 0 Å². The maximum absolute atomic E-state index is 12.7. The monoisotopic (exact) mass is 441 g/mol. The van der Waals surface area contributed by atoms with Gasteiger partial charge in [-0.1, -0.05) is 43.2 Å². The number of ether oxygens (including phenoxy) is 1. The summed E-state index contributed by atoms with van der Waals surface area (Å²) < 4.78 is 5.44. The van der Waals surface area contributed by atoms with E-state index in [-0.39, 0.29) is 11.8 Å². The topological polar surface area (TPSA) is 61.9 Å². The van der Waals surface area contributed by atoms with Gasteiger partial charge in [-0.3, -0.25) is 14.5 Å². The van der Waals surface area contributed by atoms with Crippen LogP contribution in [-0.4, -0.2) is 68.0 Å². The smallest absolute Gasteiger partial charge is 0.265 e. The maximum Gasteiger partial charge on any atom is 0.265 e. The number of carbonyl (C=O) groups excluding carboxylic acids is 2. The van der Waals surface area contributed by atoms with Gasteiger partial charge in [0.2, 0.25) is 5.91 Å². The summed E-state index contributed by atoms with van der Waals surface area (Å²) in [5.41, 5.74) is 1.08. The molecular formula is C24H31N3O3S. The molecule has 2 heterocycles. The normalized spacial score (nSPS) is 17.6. The molecule has 1 aromatic heterocycles. The molecule has 31 heavy (non-hydrogen) atoms. The third-order valence-electron chi connectivity index (χ3n) is 6.28. The Labute approximate surface area is 188 Å². The van der Waals surface area contributed by atoms with Crippen LogP contribution in [0.25, 0.3) is 10.4 Å². The fraction of sp³-hybridized carbons (Fsp3) is 0.500. The van der Waals surface area contributed by atoms with E-state index in [0.717, 1.165) is 56.0 Å². The molecule has 1 aliphatic heterocycles. The standard InChI is InChI=1S/C24H31N3O3S/c1-30-20-17-21(18-7-3-2-4-8-18)31-22(20)23(28)25-11-12-26-13-15-27(16-14-26)24(29)19-9-5-6-10-19/h2-4,7-8,17,19H,5-6,9-16H2,1H3,(H,25,28). The van der Waals surface area contributed by atoms with E-state index < -0.39 is 0 Å². The molecule has 4 rings (SSSR count). The zero-order chi connectivity index (χ0) is 21.6. The van der Waals surface area contributed by atoms with Gasteiger partial charge in [-0.25, -0.2) is 0 Å². The SMILES string of the molecule is COc1cc(-c2ccccc2)sc1C(=O)NCCN1CCN(C(=O)C2CCCC2)CC1. The van der Waals surface area contributed by atoms with Crippen molar-refractivity contribution in [2.24, 2.45) is 5.92 Å². The Hall–Kier alpha value is -2.38. The van der Waals surface area contributed by atoms with Crippen LogP contribution in [-0.2, 0) is 4.79 Å². The minimum absolute atomic E-state index is 0.0981. The first kappa shape index (κ1) is 21.8. The Bertz CT molecular complexity index is 885. The average Bonchev–Trinajstić information content (AvgIpc) is 3.50. The molecule has 6 nitrogen and oxygen atoms in total. The second-order valence-electron chi connectivity index (χ2n) is 8.28. The zero-order valence-corrected chi connectivity index (χ0v) is 19.0. The van der Waals surface area contributed by atoms with Crippen LogP contribution in [0.3, 0.4) is 0 Å². The molecule has 7 heteroatoms. The van der Waals surface area contributed by atoms with Gasteiger partial charge in [-0.2, -0.15) is 0 Å². The number of amides is 2. The molecule has 2 aliphatic rings. The van der Waals surface area contributed by atoms with Gasteiger partial charge in [-0.15, -0.1) is 11.3 Å². The first-order chi connectivity index (χ1) is 15.2. The lowest BCUT2D eigenvalue weighted by Crippen LogP contribution is -2.51. The number of hydrogen-bond acceptors (Lipinski definition) is 5. The predicted octanol–water partition coefficient (Wildman–Crippen LogP) is 3.49. The molecule has 1 saturated carbocycles. The Balaban J connectivity index is 1.24. The van der Waals surface area contributed by atoms with Gasteiger partial charge in [0.1, 0.15) is 10.6 Å². The van der Waals surface area contributed by atoms with Crippen LogP contribution >= 0.6 is 11.3 Å². The number of hydrogen-bond donors (Lipinski definition) is 1. The van der Waals surface area contributed by atoms with E-state index in [1.807, 2.05) is 41.3 Å². The van der Waals surface area contributed by atoms with E-state index in [1.54, 1.807) is 7.11 Å². The highest BCUT2D eigenvalue weighted by Crippen LogP contribution is 2.36. The highest BCUT2D eigenvalue weighted by Gasteiger charge is 2.29. The van der Waals surface area contributed by atoms with E-state index in [1.165, 1.54) is 24.2 Å². The zero-order valence-electron chi connectivity index (χ0n) is 18.1. The fourth-order valence-electron chi connectivity index (χ4n) is 4.46. The molecular weight excluding hydrogens is 410 g/mol. The van der Waals surface area contributed by atoms with E-state index in [4.69, 9.17) is 4.74 Å². The molecule has 0 radical (unpaired) electrons. The van der Waals surface area contributed by atoms with Crippen molar-refractivity contribution in [2.75, 3.05) is 46.4 Å². The summed E-state index contributed by atoms with van der Waals surface area (Å²) in [4.78, 5) is 31.3. The summed E-state index contributed by atoms with van der Waals surface area (Å²) in [5, 5.41) is 3.03. The predicted molar refractivity (Wildman–Crippen MR) is 124 cm³/mol. The molecule has 0 atom stereocenters. The summed E-state index contributed by atoms with van der Waals surface area (Å²) in [6, 6.07) is 11.9. The summed E-state index contributed by atoms with van der Waals surface area (Å²) in [6.45, 7) is 4.70. The molecule has 1 N–H and O–H groups in total. The Morgan fingerprint density at radius 1 is 1.10 bits per heavy atom. The number of rotatable bonds is 7. The number of nitrogens with one attached hydrogen (secondary N) is 1. The third-order valence-corrected chi connectivity index (χ3v) is 7.45. The number of thiophene rings is 1. The van der Waals surface area contributed by atoms with Crippen LogP contribution in [0.4, 0.5) is 0 Å². The van der Waals surface area contributed by atoms with Gasteiger partial charge in [-0.05, 0) is 24.5 Å². The minimum Gasteiger partial charge on any atom is -0.495 e. The largest absolute Gasteiger partial charge is 0.495 e. The number of piperazine rings is 1. The lowest BCUT2D eigenvalue weighted by atomic mass is 10.1. The lowest BCUT2D eigenvalue weighted by molar-refractivity contribution is -0.137. The maximum atomic E-state index is 12.7. The van der Waals surface area contributed by atoms with E-state index in [2.05, 4.69) is 10.2 Å². The van der Waals surface area contributed by atoms with Gasteiger partial charge >= 0.3 is 0 Å². The van der Waals surface area contributed by atoms with Crippen molar-refractivity contribution >= 4 is 23.2 Å². The van der Waals surface area contributed by atoms with Gasteiger partial charge in [0.25, 0.3) is 5.91 Å². The van der Waals surface area contributed by atoms with E-state index >= 15 is 0 Å². The van der Waals surface area contributed by atoms with Gasteiger partial charge < -0.3 is 15.0 Å². The molecule has 0 spiro atoms. The first-order valence-corrected chi connectivity index (χ1v) is 12.0. The molecule has 2 fully saturated rings. The van der Waals surface area contributed by atoms with E-state index in [0.29, 0.717) is 23.1 Å². The fourth-order valence-corrected chi connectivity index (χ4v) is 5.51. The highest BCUT2D eigenvalue weighted by atomic mass is 32.1. The summed E-state index contributed by atoms with van der Waals surface area (Å²) >= 11 is 1.45. The van der Waals surface area contributed by atoms with Crippen molar-refractivity contribution in [2.45, 2.75) is 25.7 Å². The van der Waals surface area contributed by atoms with Crippen molar-refractivity contribution in [1.29, 1.82) is 0 Å². The van der Waals surface area contributed by atoms with Crippen LogP contribution in [0.15, 0.2) is 36.4 Å². The molecule has 1 aromatic carbocycles. The summed E-state index contributed by atoms with van der Waals surface area (Å²) in [6.07, 6.45) is 4.50. The van der Waals surface area contributed by atoms with Crippen LogP contribution < -0.4 is 10.1 Å². The molecule has 0 unspecified atom stereocenters. The number of carbonyl (C=O) groups is 2. The van der Waals surface area contributed by atoms with Gasteiger partial charge in [0, 0.05) is 50.1 Å². The third kappa shape index (κ3) is 5.28. The Morgan fingerprint density at radius 2 is 1.81 bits per heavy atom. The molecule has 166 valence electrons. The second kappa shape index (κ2) is 10.3.